The van der Waals surface area contributed by atoms with Crippen molar-refractivity contribution < 1.29 is 14.5 Å². The van der Waals surface area contributed by atoms with Gasteiger partial charge in [-0.15, -0.1) is 0 Å². The Labute approximate surface area is 133 Å². The van der Waals surface area contributed by atoms with Gasteiger partial charge in [-0.1, -0.05) is 36.4 Å². The summed E-state index contributed by atoms with van der Waals surface area (Å²) in [6.07, 6.45) is -1.30. The van der Waals surface area contributed by atoms with E-state index in [1.54, 1.807) is 4.90 Å². The molecule has 1 saturated heterocycles. The smallest absolute Gasteiger partial charge is 0.304 e. The number of carbonyl (C=O) groups is 1. The first-order chi connectivity index (χ1) is 11.2. The number of hydrogen-bond donors (Lipinski definition) is 0. The number of amides is 1. The van der Waals surface area contributed by atoms with Gasteiger partial charge in [-0.25, -0.2) is 0 Å². The number of hydrogen-bond acceptors (Lipinski definition) is 4. The van der Waals surface area contributed by atoms with Gasteiger partial charge < -0.3 is 4.74 Å². The van der Waals surface area contributed by atoms with Gasteiger partial charge in [-0.3, -0.25) is 19.8 Å². The average Bonchev–Trinajstić information content (AvgIpc) is 3.07. The normalized spacial score (nSPS) is 20.2. The predicted molar refractivity (Wildman–Crippen MR) is 84.9 cm³/mol. The lowest BCUT2D eigenvalue weighted by Crippen LogP contribution is -2.36. The molecule has 1 aliphatic rings. The molecule has 2 aromatic rings. The molecule has 0 bridgehead atoms. The molecule has 2 aromatic carbocycles. The maximum Gasteiger partial charge on any atom is 0.316 e. The largest absolute Gasteiger partial charge is 0.316 e. The number of ether oxygens (including phenoxy) is 1. The molecule has 0 saturated carbocycles. The van der Waals surface area contributed by atoms with Gasteiger partial charge in [0.1, 0.15) is 6.10 Å². The van der Waals surface area contributed by atoms with Crippen molar-refractivity contribution in [2.45, 2.75) is 25.2 Å². The van der Waals surface area contributed by atoms with Crippen LogP contribution in [0, 0.1) is 10.1 Å². The number of nitrogens with zero attached hydrogens (tertiary/aromatic N) is 2. The number of carbonyl (C=O) groups excluding carboxylic acids is 1. The fraction of sp³-hybridized carbons (Fsp3) is 0.235. The Hall–Kier alpha value is -2.73. The molecule has 118 valence electrons. The van der Waals surface area contributed by atoms with Gasteiger partial charge in [-0.05, 0) is 30.7 Å². The zero-order valence-electron chi connectivity index (χ0n) is 12.4. The summed E-state index contributed by atoms with van der Waals surface area (Å²) >= 11 is 0. The third kappa shape index (κ3) is 3.22. The van der Waals surface area contributed by atoms with Crippen molar-refractivity contribution in [3.63, 3.8) is 0 Å². The van der Waals surface area contributed by atoms with Gasteiger partial charge in [0.05, 0.1) is 4.92 Å². The van der Waals surface area contributed by atoms with E-state index < -0.39 is 17.3 Å². The van der Waals surface area contributed by atoms with E-state index in [1.165, 1.54) is 0 Å². The minimum Gasteiger partial charge on any atom is -0.304 e. The Morgan fingerprint density at radius 2 is 1.52 bits per heavy atom. The molecule has 1 aliphatic heterocycles. The Bertz CT molecular complexity index is 651. The molecule has 0 N–H and O–H groups in total. The zero-order chi connectivity index (χ0) is 16.2. The van der Waals surface area contributed by atoms with Crippen molar-refractivity contribution in [2.75, 3.05) is 4.90 Å². The van der Waals surface area contributed by atoms with Crippen LogP contribution in [0.1, 0.15) is 12.8 Å². The van der Waals surface area contributed by atoms with Crippen LogP contribution in [-0.4, -0.2) is 23.2 Å². The SMILES string of the molecule is O=C(C1CCC([N+](=O)[O-])O1)N(c1ccccc1)c1ccccc1. The first-order valence-electron chi connectivity index (χ1n) is 7.40. The molecule has 1 heterocycles. The van der Waals surface area contributed by atoms with Gasteiger partial charge in [0.15, 0.2) is 0 Å². The average molecular weight is 312 g/mol. The van der Waals surface area contributed by atoms with E-state index >= 15 is 0 Å². The third-order valence-corrected chi connectivity index (χ3v) is 3.76. The molecular formula is C17H16N2O4. The Morgan fingerprint density at radius 3 is 1.96 bits per heavy atom. The van der Waals surface area contributed by atoms with Crippen LogP contribution in [0.2, 0.25) is 0 Å². The Kier molecular flexibility index (Phi) is 4.34. The summed E-state index contributed by atoms with van der Waals surface area (Å²) in [5, 5.41) is 10.8. The molecule has 6 nitrogen and oxygen atoms in total. The molecule has 0 radical (unpaired) electrons. The van der Waals surface area contributed by atoms with Crippen LogP contribution in [0.25, 0.3) is 0 Å². The Balaban J connectivity index is 1.90. The summed E-state index contributed by atoms with van der Waals surface area (Å²) in [6.45, 7) is 0. The highest BCUT2D eigenvalue weighted by Gasteiger charge is 2.39. The van der Waals surface area contributed by atoms with Crippen LogP contribution in [0.4, 0.5) is 11.4 Å². The fourth-order valence-corrected chi connectivity index (χ4v) is 2.66. The molecule has 2 atom stereocenters. The van der Waals surface area contributed by atoms with Gasteiger partial charge in [-0.2, -0.15) is 0 Å². The van der Waals surface area contributed by atoms with Gasteiger partial charge in [0, 0.05) is 17.8 Å². The molecule has 3 rings (SSSR count). The van der Waals surface area contributed by atoms with Crippen molar-refractivity contribution >= 4 is 17.3 Å². The van der Waals surface area contributed by atoms with Crippen LogP contribution in [-0.2, 0) is 9.53 Å². The van der Waals surface area contributed by atoms with E-state index in [1.807, 2.05) is 60.7 Å². The quantitative estimate of drug-likeness (QED) is 0.642. The molecule has 23 heavy (non-hydrogen) atoms. The second-order valence-corrected chi connectivity index (χ2v) is 5.29. The second kappa shape index (κ2) is 6.58. The molecule has 0 aromatic heterocycles. The fourth-order valence-electron chi connectivity index (χ4n) is 2.66. The zero-order valence-corrected chi connectivity index (χ0v) is 12.4. The first-order valence-corrected chi connectivity index (χ1v) is 7.40. The lowest BCUT2D eigenvalue weighted by atomic mass is 10.1. The number of anilines is 2. The van der Waals surface area contributed by atoms with Gasteiger partial charge in [0.25, 0.3) is 5.91 Å². The van der Waals surface area contributed by atoms with Crippen molar-refractivity contribution in [3.05, 3.63) is 70.8 Å². The highest BCUT2D eigenvalue weighted by Crippen LogP contribution is 2.30. The summed E-state index contributed by atoms with van der Waals surface area (Å²) in [5.41, 5.74) is 1.41. The first kappa shape index (κ1) is 15.2. The highest BCUT2D eigenvalue weighted by molar-refractivity contribution is 6.03. The summed E-state index contributed by atoms with van der Waals surface area (Å²) in [7, 11) is 0. The van der Waals surface area contributed by atoms with E-state index in [-0.39, 0.29) is 12.3 Å². The maximum absolute atomic E-state index is 12.9. The van der Waals surface area contributed by atoms with E-state index in [9.17, 15) is 14.9 Å². The third-order valence-electron chi connectivity index (χ3n) is 3.76. The highest BCUT2D eigenvalue weighted by atomic mass is 16.7. The molecule has 6 heteroatoms. The lowest BCUT2D eigenvalue weighted by molar-refractivity contribution is -0.570. The summed E-state index contributed by atoms with van der Waals surface area (Å²) < 4.78 is 5.32. The van der Waals surface area contributed by atoms with Gasteiger partial charge in [0.2, 0.25) is 0 Å². The monoisotopic (exact) mass is 312 g/mol. The van der Waals surface area contributed by atoms with E-state index in [0.717, 1.165) is 0 Å². The number of rotatable bonds is 4. The van der Waals surface area contributed by atoms with Crippen molar-refractivity contribution in [1.82, 2.24) is 0 Å². The van der Waals surface area contributed by atoms with Crippen LogP contribution in [0.5, 0.6) is 0 Å². The molecule has 1 amide bonds. The molecular weight excluding hydrogens is 296 g/mol. The maximum atomic E-state index is 12.9. The number of benzene rings is 2. The standard InChI is InChI=1S/C17H16N2O4/c20-17(15-11-12-16(23-15)19(21)22)18(13-7-3-1-4-8-13)14-9-5-2-6-10-14/h1-10,15-16H,11-12H2. The van der Waals surface area contributed by atoms with Crippen LogP contribution >= 0.6 is 0 Å². The van der Waals surface area contributed by atoms with Crippen LogP contribution in [0.15, 0.2) is 60.7 Å². The van der Waals surface area contributed by atoms with E-state index in [4.69, 9.17) is 4.74 Å². The molecule has 0 aliphatic carbocycles. The molecule has 0 spiro atoms. The van der Waals surface area contributed by atoms with E-state index in [2.05, 4.69) is 0 Å². The Morgan fingerprint density at radius 1 is 1.00 bits per heavy atom. The topological polar surface area (TPSA) is 72.7 Å². The predicted octanol–water partition coefficient (Wildman–Crippen LogP) is 3.13. The summed E-state index contributed by atoms with van der Waals surface area (Å²) in [6, 6.07) is 18.4. The number of nitro groups is 1. The van der Waals surface area contributed by atoms with Crippen molar-refractivity contribution in [2.24, 2.45) is 0 Å². The number of para-hydroxylation sites is 2. The lowest BCUT2D eigenvalue weighted by Gasteiger charge is -2.25. The summed E-state index contributed by atoms with van der Waals surface area (Å²) in [4.78, 5) is 24.8. The molecule has 1 fully saturated rings. The molecule has 2 unspecified atom stereocenters. The van der Waals surface area contributed by atoms with E-state index in [0.29, 0.717) is 17.8 Å². The van der Waals surface area contributed by atoms with Crippen LogP contribution < -0.4 is 4.90 Å². The minimum absolute atomic E-state index is 0.251. The van der Waals surface area contributed by atoms with Gasteiger partial charge >= 0.3 is 6.23 Å². The van der Waals surface area contributed by atoms with Crippen molar-refractivity contribution in [1.29, 1.82) is 0 Å². The minimum atomic E-state index is -1.10. The second-order valence-electron chi connectivity index (χ2n) is 5.29. The summed E-state index contributed by atoms with van der Waals surface area (Å²) in [5.74, 6) is -0.285. The van der Waals surface area contributed by atoms with Crippen molar-refractivity contribution in [3.8, 4) is 0 Å². The van der Waals surface area contributed by atoms with Crippen LogP contribution in [0.3, 0.4) is 0 Å².